The minimum Gasteiger partial charge on any atom is -0.497 e. The number of hydrogen-bond acceptors (Lipinski definition) is 6. The third-order valence-corrected chi connectivity index (χ3v) is 5.17. The highest BCUT2D eigenvalue weighted by molar-refractivity contribution is 5.87. The third-order valence-electron chi connectivity index (χ3n) is 5.17. The summed E-state index contributed by atoms with van der Waals surface area (Å²) in [5, 5.41) is 6.23. The lowest BCUT2D eigenvalue weighted by Gasteiger charge is -2.40. The molecule has 4 rings (SSSR count). The van der Waals surface area contributed by atoms with E-state index in [1.54, 1.807) is 7.11 Å². The quantitative estimate of drug-likeness (QED) is 0.775. The number of halogens is 3. The number of nitrogens with zero attached hydrogens (tertiary/aromatic N) is 6. The molecule has 0 saturated carbocycles. The number of urea groups is 1. The maximum atomic E-state index is 12.7. The first kappa shape index (κ1) is 21.0. The lowest BCUT2D eigenvalue weighted by molar-refractivity contribution is -0.141. The molecule has 3 heterocycles. The molecule has 1 aromatic carbocycles. The number of hydrogen-bond donors (Lipinski definition) is 1. The monoisotopic (exact) mass is 437 g/mol. The van der Waals surface area contributed by atoms with Crippen LogP contribution in [0.25, 0.3) is 0 Å². The number of alkyl halides is 3. The van der Waals surface area contributed by atoms with Crippen LogP contribution in [0.5, 0.6) is 5.75 Å². The van der Waals surface area contributed by atoms with E-state index in [-0.39, 0.29) is 6.67 Å². The number of benzene rings is 1. The normalized spacial score (nSPS) is 20.1. The van der Waals surface area contributed by atoms with Crippen molar-refractivity contribution in [3.8, 4) is 5.75 Å². The standard InChI is InChI=1S/C19H22F3N7O2/c1-31-15-4-2-3-14(11-15)26-7-9-27(10-8-26)17-23-12-28(18(30)24-17)13-29-6-5-16(25-29)19(20,21)22/h2-6,11-12,17H,7-10,13H2,1H3,(H,24,30). The SMILES string of the molecule is COc1cccc(N2CCN(C3N=CN(Cn4ccc(C(F)(F)F)n4)C(=O)N3)CC2)c1. The number of piperazine rings is 1. The Hall–Kier alpha value is -3.28. The summed E-state index contributed by atoms with van der Waals surface area (Å²) >= 11 is 0. The van der Waals surface area contributed by atoms with Crippen LogP contribution in [0.3, 0.4) is 0 Å². The maximum Gasteiger partial charge on any atom is 0.435 e. The molecule has 1 fully saturated rings. The van der Waals surface area contributed by atoms with Crippen LogP contribution in [-0.2, 0) is 12.8 Å². The second-order valence-electron chi connectivity index (χ2n) is 7.16. The number of carbonyl (C=O) groups excluding carboxylic acids is 1. The topological polar surface area (TPSA) is 78.2 Å². The van der Waals surface area contributed by atoms with Crippen molar-refractivity contribution < 1.29 is 22.7 Å². The molecule has 0 aliphatic carbocycles. The molecular formula is C19H22F3N7O2. The molecule has 9 nitrogen and oxygen atoms in total. The zero-order valence-electron chi connectivity index (χ0n) is 16.8. The molecule has 0 radical (unpaired) electrons. The van der Waals surface area contributed by atoms with Crippen molar-refractivity contribution >= 4 is 18.1 Å². The van der Waals surface area contributed by atoms with E-state index in [1.165, 1.54) is 17.4 Å². The number of aliphatic imine (C=N–C) groups is 1. The molecule has 1 aromatic heterocycles. The van der Waals surface area contributed by atoms with Gasteiger partial charge in [-0.25, -0.2) is 9.79 Å². The molecule has 2 aliphatic heterocycles. The first-order valence-corrected chi connectivity index (χ1v) is 9.67. The predicted octanol–water partition coefficient (Wildman–Crippen LogP) is 2.03. The highest BCUT2D eigenvalue weighted by Gasteiger charge is 2.34. The fourth-order valence-electron chi connectivity index (χ4n) is 3.49. The maximum absolute atomic E-state index is 12.7. The van der Waals surface area contributed by atoms with Crippen LogP contribution in [0.15, 0.2) is 41.5 Å². The Morgan fingerprint density at radius 1 is 1.19 bits per heavy atom. The van der Waals surface area contributed by atoms with Crippen molar-refractivity contribution in [2.75, 3.05) is 38.2 Å². The summed E-state index contributed by atoms with van der Waals surface area (Å²) in [5.74, 6) is 0.795. The molecule has 2 aliphatic rings. The van der Waals surface area contributed by atoms with E-state index in [1.807, 2.05) is 29.2 Å². The average molecular weight is 437 g/mol. The third kappa shape index (κ3) is 4.74. The van der Waals surface area contributed by atoms with Crippen molar-refractivity contribution in [1.29, 1.82) is 0 Å². The van der Waals surface area contributed by atoms with E-state index in [2.05, 4.69) is 20.3 Å². The van der Waals surface area contributed by atoms with Gasteiger partial charge in [-0.1, -0.05) is 6.07 Å². The van der Waals surface area contributed by atoms with E-state index in [0.717, 1.165) is 35.3 Å². The van der Waals surface area contributed by atoms with Crippen molar-refractivity contribution in [3.05, 3.63) is 42.2 Å². The van der Waals surface area contributed by atoms with Gasteiger partial charge >= 0.3 is 12.2 Å². The lowest BCUT2D eigenvalue weighted by Crippen LogP contribution is -2.59. The molecule has 1 N–H and O–H groups in total. The summed E-state index contributed by atoms with van der Waals surface area (Å²) in [6.45, 7) is 2.72. The Bertz CT molecular complexity index is 954. The summed E-state index contributed by atoms with van der Waals surface area (Å²) in [4.78, 5) is 22.2. The van der Waals surface area contributed by atoms with Crippen LogP contribution >= 0.6 is 0 Å². The van der Waals surface area contributed by atoms with Crippen LogP contribution in [0.4, 0.5) is 23.7 Å². The minimum absolute atomic E-state index is 0.165. The van der Waals surface area contributed by atoms with Crippen LogP contribution in [0, 0.1) is 0 Å². The van der Waals surface area contributed by atoms with Crippen LogP contribution < -0.4 is 15.0 Å². The van der Waals surface area contributed by atoms with Gasteiger partial charge < -0.3 is 15.0 Å². The molecule has 2 aromatic rings. The van der Waals surface area contributed by atoms with E-state index in [4.69, 9.17) is 4.74 Å². The van der Waals surface area contributed by atoms with Gasteiger partial charge in [-0.15, -0.1) is 0 Å². The number of amides is 2. The molecule has 31 heavy (non-hydrogen) atoms. The first-order valence-electron chi connectivity index (χ1n) is 9.67. The molecule has 0 spiro atoms. The van der Waals surface area contributed by atoms with Gasteiger partial charge in [-0.3, -0.25) is 14.5 Å². The Labute approximate surface area is 176 Å². The number of carbonyl (C=O) groups is 1. The van der Waals surface area contributed by atoms with Crippen molar-refractivity contribution in [2.24, 2.45) is 4.99 Å². The summed E-state index contributed by atoms with van der Waals surface area (Å²) in [5.41, 5.74) is 0.0624. The van der Waals surface area contributed by atoms with Crippen LogP contribution in [0.2, 0.25) is 0 Å². The van der Waals surface area contributed by atoms with Crippen molar-refractivity contribution in [3.63, 3.8) is 0 Å². The minimum atomic E-state index is -4.53. The molecule has 166 valence electrons. The molecule has 0 bridgehead atoms. The highest BCUT2D eigenvalue weighted by Crippen LogP contribution is 2.27. The van der Waals surface area contributed by atoms with Gasteiger partial charge in [-0.2, -0.15) is 18.3 Å². The number of aromatic nitrogens is 2. The fourth-order valence-corrected chi connectivity index (χ4v) is 3.49. The smallest absolute Gasteiger partial charge is 0.435 e. The van der Waals surface area contributed by atoms with Gasteiger partial charge in [-0.05, 0) is 18.2 Å². The summed E-state index contributed by atoms with van der Waals surface area (Å²) in [7, 11) is 1.63. The number of anilines is 1. The Morgan fingerprint density at radius 3 is 2.61 bits per heavy atom. The lowest BCUT2D eigenvalue weighted by atomic mass is 10.2. The van der Waals surface area contributed by atoms with Crippen LogP contribution in [-0.4, -0.2) is 71.5 Å². The Kier molecular flexibility index (Phi) is 5.72. The van der Waals surface area contributed by atoms with E-state index < -0.39 is 24.2 Å². The number of rotatable bonds is 5. The largest absolute Gasteiger partial charge is 0.497 e. The Balaban J connectivity index is 1.33. The van der Waals surface area contributed by atoms with E-state index in [9.17, 15) is 18.0 Å². The number of nitrogens with one attached hydrogen (secondary N) is 1. The summed E-state index contributed by atoms with van der Waals surface area (Å²) in [6.07, 6.45) is -2.53. The second kappa shape index (κ2) is 8.46. The zero-order valence-corrected chi connectivity index (χ0v) is 16.8. The zero-order chi connectivity index (χ0) is 22.0. The van der Waals surface area contributed by atoms with Crippen LogP contribution in [0.1, 0.15) is 5.69 Å². The summed E-state index contributed by atoms with van der Waals surface area (Å²) < 4.78 is 44.3. The summed E-state index contributed by atoms with van der Waals surface area (Å²) in [6, 6.07) is 8.26. The fraction of sp³-hybridized carbons (Fsp3) is 0.421. The van der Waals surface area contributed by atoms with Gasteiger partial charge in [0.15, 0.2) is 12.0 Å². The molecule has 1 unspecified atom stereocenters. The molecule has 1 saturated heterocycles. The second-order valence-corrected chi connectivity index (χ2v) is 7.16. The molecule has 12 heteroatoms. The first-order chi connectivity index (χ1) is 14.8. The van der Waals surface area contributed by atoms with Gasteiger partial charge in [0.2, 0.25) is 0 Å². The molecule has 2 amide bonds. The van der Waals surface area contributed by atoms with Gasteiger partial charge in [0, 0.05) is 44.1 Å². The predicted molar refractivity (Wildman–Crippen MR) is 107 cm³/mol. The van der Waals surface area contributed by atoms with E-state index >= 15 is 0 Å². The highest BCUT2D eigenvalue weighted by atomic mass is 19.4. The van der Waals surface area contributed by atoms with Gasteiger partial charge in [0.1, 0.15) is 12.4 Å². The number of ether oxygens (including phenoxy) is 1. The Morgan fingerprint density at radius 2 is 1.97 bits per heavy atom. The van der Waals surface area contributed by atoms with Crippen molar-refractivity contribution in [2.45, 2.75) is 19.1 Å². The van der Waals surface area contributed by atoms with E-state index in [0.29, 0.717) is 13.1 Å². The van der Waals surface area contributed by atoms with Crippen molar-refractivity contribution in [1.82, 2.24) is 24.9 Å². The molecular weight excluding hydrogens is 415 g/mol. The van der Waals surface area contributed by atoms with Gasteiger partial charge in [0.25, 0.3) is 0 Å². The number of methoxy groups -OCH3 is 1. The molecule has 1 atom stereocenters. The average Bonchev–Trinajstić information content (AvgIpc) is 3.25. The van der Waals surface area contributed by atoms with Gasteiger partial charge in [0.05, 0.1) is 13.4 Å².